The van der Waals surface area contributed by atoms with Crippen molar-refractivity contribution in [1.29, 1.82) is 0 Å². The van der Waals surface area contributed by atoms with Gasteiger partial charge in [0.05, 0.1) is 12.6 Å². The minimum atomic E-state index is -0.429. The highest BCUT2D eigenvalue weighted by atomic mass is 32.1. The molecule has 0 unspecified atom stereocenters. The number of methoxy groups -OCH3 is 1. The molecule has 0 aliphatic carbocycles. The molecular weight excluding hydrogens is 224 g/mol. The molecule has 0 amide bonds. The van der Waals surface area contributed by atoms with E-state index >= 15 is 0 Å². The topological polar surface area (TPSA) is 65.2 Å². The van der Waals surface area contributed by atoms with E-state index in [1.165, 1.54) is 18.4 Å². The van der Waals surface area contributed by atoms with Gasteiger partial charge in [-0.05, 0) is 19.8 Å². The molecule has 0 bridgehead atoms. The van der Waals surface area contributed by atoms with Crippen LogP contribution in [0.15, 0.2) is 0 Å². The van der Waals surface area contributed by atoms with Crippen LogP contribution in [0.1, 0.15) is 47.1 Å². The normalized spacial score (nSPS) is 11.6. The van der Waals surface area contributed by atoms with Crippen LogP contribution in [0.5, 0.6) is 0 Å². The monoisotopic (exact) mass is 242 g/mol. The Morgan fingerprint density at radius 3 is 2.50 bits per heavy atom. The Morgan fingerprint density at radius 2 is 2.06 bits per heavy atom. The third-order valence-corrected chi connectivity index (χ3v) is 4.05. The molecule has 1 rings (SSSR count). The second kappa shape index (κ2) is 4.93. The summed E-state index contributed by atoms with van der Waals surface area (Å²) in [5.41, 5.74) is 6.20. The van der Waals surface area contributed by atoms with Crippen molar-refractivity contribution >= 4 is 17.3 Å². The van der Waals surface area contributed by atoms with Gasteiger partial charge in [0.1, 0.15) is 5.01 Å². The van der Waals surface area contributed by atoms with E-state index in [4.69, 9.17) is 5.73 Å². The minimum absolute atomic E-state index is 0.388. The molecule has 0 radical (unpaired) electrons. The number of carbonyl (C=O) groups is 1. The van der Waals surface area contributed by atoms with Gasteiger partial charge in [0, 0.05) is 4.88 Å². The molecule has 0 spiro atoms. The molecule has 4 nitrogen and oxygen atoms in total. The fourth-order valence-corrected chi connectivity index (χ4v) is 2.59. The predicted octanol–water partition coefficient (Wildman–Crippen LogP) is 2.21. The average Bonchev–Trinajstić information content (AvgIpc) is 2.69. The van der Waals surface area contributed by atoms with Gasteiger partial charge in [-0.25, -0.2) is 9.78 Å². The van der Waals surface area contributed by atoms with Gasteiger partial charge in [0.25, 0.3) is 0 Å². The molecule has 1 aromatic rings. The summed E-state index contributed by atoms with van der Waals surface area (Å²) < 4.78 is 4.67. The summed E-state index contributed by atoms with van der Waals surface area (Å²) in [5.74, 6) is -0.394. The van der Waals surface area contributed by atoms with Crippen LogP contribution in [0.3, 0.4) is 0 Å². The third-order valence-electron chi connectivity index (χ3n) is 2.86. The lowest BCUT2D eigenvalue weighted by atomic mass is 9.95. The highest BCUT2D eigenvalue weighted by Crippen LogP contribution is 2.31. The number of esters is 1. The van der Waals surface area contributed by atoms with Gasteiger partial charge >= 0.3 is 5.97 Å². The predicted molar refractivity (Wildman–Crippen MR) is 64.6 cm³/mol. The maximum absolute atomic E-state index is 11.4. The van der Waals surface area contributed by atoms with Gasteiger partial charge in [-0.2, -0.15) is 0 Å². The fourth-order valence-electron chi connectivity index (χ4n) is 1.45. The Bertz CT molecular complexity index is 383. The number of ether oxygens (including phenoxy) is 1. The van der Waals surface area contributed by atoms with Crippen molar-refractivity contribution in [3.63, 3.8) is 0 Å². The summed E-state index contributed by atoms with van der Waals surface area (Å²) in [5, 5.41) is 0.815. The molecule has 0 aliphatic heterocycles. The lowest BCUT2D eigenvalue weighted by molar-refractivity contribution is 0.0593. The number of nitrogens with zero attached hydrogens (tertiary/aromatic N) is 1. The van der Waals surface area contributed by atoms with Gasteiger partial charge in [0.2, 0.25) is 0 Å². The third kappa shape index (κ3) is 2.25. The van der Waals surface area contributed by atoms with Crippen LogP contribution >= 0.6 is 11.3 Å². The number of aromatic nitrogens is 1. The van der Waals surface area contributed by atoms with Gasteiger partial charge < -0.3 is 10.5 Å². The Morgan fingerprint density at radius 1 is 1.50 bits per heavy atom. The van der Waals surface area contributed by atoms with E-state index in [1.807, 2.05) is 20.8 Å². The van der Waals surface area contributed by atoms with E-state index in [2.05, 4.69) is 9.72 Å². The van der Waals surface area contributed by atoms with Gasteiger partial charge in [-0.3, -0.25) is 0 Å². The first-order chi connectivity index (χ1) is 7.48. The SMILES string of the molecule is CCC(N)(CC)c1nc(C(=O)OC)c(C)s1. The van der Waals surface area contributed by atoms with E-state index in [0.29, 0.717) is 5.69 Å². The highest BCUT2D eigenvalue weighted by Gasteiger charge is 2.29. The minimum Gasteiger partial charge on any atom is -0.464 e. The Balaban J connectivity index is 3.14. The summed E-state index contributed by atoms with van der Waals surface area (Å²) in [4.78, 5) is 16.6. The number of hydrogen-bond donors (Lipinski definition) is 1. The number of carbonyl (C=O) groups excluding carboxylic acids is 1. The van der Waals surface area contributed by atoms with Crippen LogP contribution in [0.4, 0.5) is 0 Å². The van der Waals surface area contributed by atoms with Crippen molar-refractivity contribution in [3.05, 3.63) is 15.6 Å². The lowest BCUT2D eigenvalue weighted by Gasteiger charge is -2.23. The van der Waals surface area contributed by atoms with Gasteiger partial charge in [0.15, 0.2) is 5.69 Å². The first kappa shape index (κ1) is 13.1. The van der Waals surface area contributed by atoms with Crippen LogP contribution in [-0.2, 0) is 10.3 Å². The lowest BCUT2D eigenvalue weighted by Crippen LogP contribution is -2.35. The van der Waals surface area contributed by atoms with E-state index in [0.717, 1.165) is 22.7 Å². The van der Waals surface area contributed by atoms with Crippen molar-refractivity contribution in [2.75, 3.05) is 7.11 Å². The number of thiazole rings is 1. The van der Waals surface area contributed by atoms with Crippen LogP contribution in [0, 0.1) is 6.92 Å². The standard InChI is InChI=1S/C11H18N2O2S/c1-5-11(12,6-2)10-13-8(7(3)16-10)9(14)15-4/h5-6,12H2,1-4H3. The molecule has 1 heterocycles. The van der Waals surface area contributed by atoms with Gasteiger partial charge in [-0.15, -0.1) is 11.3 Å². The Kier molecular flexibility index (Phi) is 4.04. The molecule has 5 heteroatoms. The summed E-state index contributed by atoms with van der Waals surface area (Å²) >= 11 is 1.48. The average molecular weight is 242 g/mol. The van der Waals surface area contributed by atoms with Crippen LogP contribution in [-0.4, -0.2) is 18.1 Å². The molecule has 2 N–H and O–H groups in total. The smallest absolute Gasteiger partial charge is 0.357 e. The molecular formula is C11H18N2O2S. The number of nitrogens with two attached hydrogens (primary N) is 1. The second-order valence-corrected chi connectivity index (χ2v) is 4.98. The van der Waals surface area contributed by atoms with Crippen molar-refractivity contribution in [2.24, 2.45) is 5.73 Å². The zero-order chi connectivity index (χ0) is 12.3. The Hall–Kier alpha value is -0.940. The maximum atomic E-state index is 11.4. The van der Waals surface area contributed by atoms with Crippen LogP contribution < -0.4 is 5.73 Å². The van der Waals surface area contributed by atoms with E-state index < -0.39 is 11.5 Å². The van der Waals surface area contributed by atoms with Crippen LogP contribution in [0.2, 0.25) is 0 Å². The molecule has 0 saturated carbocycles. The summed E-state index contributed by atoms with van der Waals surface area (Å²) in [7, 11) is 1.36. The molecule has 0 aromatic carbocycles. The largest absolute Gasteiger partial charge is 0.464 e. The molecule has 0 fully saturated rings. The first-order valence-electron chi connectivity index (χ1n) is 5.33. The van der Waals surface area contributed by atoms with Crippen molar-refractivity contribution in [2.45, 2.75) is 39.2 Å². The van der Waals surface area contributed by atoms with Crippen molar-refractivity contribution < 1.29 is 9.53 Å². The highest BCUT2D eigenvalue weighted by molar-refractivity contribution is 7.12. The molecule has 0 aliphatic rings. The number of aryl methyl sites for hydroxylation is 1. The summed E-state index contributed by atoms with van der Waals surface area (Å²) in [6, 6.07) is 0. The number of hydrogen-bond acceptors (Lipinski definition) is 5. The van der Waals surface area contributed by atoms with Crippen LogP contribution in [0.25, 0.3) is 0 Å². The molecule has 0 saturated heterocycles. The molecule has 0 atom stereocenters. The fraction of sp³-hybridized carbons (Fsp3) is 0.636. The van der Waals surface area contributed by atoms with Gasteiger partial charge in [-0.1, -0.05) is 13.8 Å². The first-order valence-corrected chi connectivity index (χ1v) is 6.15. The molecule has 16 heavy (non-hydrogen) atoms. The van der Waals surface area contributed by atoms with E-state index in [1.54, 1.807) is 0 Å². The van der Waals surface area contributed by atoms with E-state index in [-0.39, 0.29) is 0 Å². The summed E-state index contributed by atoms with van der Waals surface area (Å²) in [6.45, 7) is 5.91. The molecule has 1 aromatic heterocycles. The van der Waals surface area contributed by atoms with Crippen molar-refractivity contribution in [3.8, 4) is 0 Å². The zero-order valence-electron chi connectivity index (χ0n) is 10.2. The quantitative estimate of drug-likeness (QED) is 0.822. The Labute approximate surface area is 99.8 Å². The van der Waals surface area contributed by atoms with E-state index in [9.17, 15) is 4.79 Å². The second-order valence-electron chi connectivity index (χ2n) is 3.78. The maximum Gasteiger partial charge on any atom is 0.357 e. The summed E-state index contributed by atoms with van der Waals surface area (Å²) in [6.07, 6.45) is 1.61. The van der Waals surface area contributed by atoms with Crippen molar-refractivity contribution in [1.82, 2.24) is 4.98 Å². The zero-order valence-corrected chi connectivity index (χ0v) is 11.0. The molecule has 90 valence electrons. The number of rotatable bonds is 4.